The Hall–Kier alpha value is -1.79. The van der Waals surface area contributed by atoms with Gasteiger partial charge >= 0.3 is 12.0 Å². The van der Waals surface area contributed by atoms with Crippen molar-refractivity contribution >= 4 is 17.9 Å². The van der Waals surface area contributed by atoms with Gasteiger partial charge in [0.1, 0.15) is 12.6 Å². The molecule has 0 aromatic heterocycles. The number of likely N-dealkylation sites (N-methyl/N-ethyl adjacent to an activating group) is 1. The molecule has 19 heavy (non-hydrogen) atoms. The summed E-state index contributed by atoms with van der Waals surface area (Å²) >= 11 is 0. The molecule has 0 aliphatic heterocycles. The van der Waals surface area contributed by atoms with Crippen LogP contribution in [0.2, 0.25) is 0 Å². The second kappa shape index (κ2) is 9.18. The molecule has 0 aromatic rings. The standard InChI is InChI=1S/C12H23N3O4/c1-4-6-9(11(17)18)14-12(19)15(3)8-10(16)13-7-5-2/h9H,4-8H2,1-3H3,(H,13,16)(H,14,19)(H,17,18). The van der Waals surface area contributed by atoms with Gasteiger partial charge in [-0.3, -0.25) is 4.79 Å². The number of carboxylic acid groups (broad SMARTS) is 1. The SMILES string of the molecule is CCCNC(=O)CN(C)C(=O)NC(CCC)C(=O)O. The van der Waals surface area contributed by atoms with E-state index >= 15 is 0 Å². The Morgan fingerprint density at radius 3 is 2.32 bits per heavy atom. The molecular weight excluding hydrogens is 250 g/mol. The number of carbonyl (C=O) groups is 3. The molecular formula is C12H23N3O4. The Morgan fingerprint density at radius 2 is 1.84 bits per heavy atom. The highest BCUT2D eigenvalue weighted by Crippen LogP contribution is 1.98. The lowest BCUT2D eigenvalue weighted by Gasteiger charge is -2.20. The Labute approximate surface area is 113 Å². The number of carboxylic acids is 1. The van der Waals surface area contributed by atoms with Gasteiger partial charge in [-0.25, -0.2) is 9.59 Å². The zero-order chi connectivity index (χ0) is 14.8. The molecule has 0 aromatic carbocycles. The van der Waals surface area contributed by atoms with Crippen molar-refractivity contribution in [1.29, 1.82) is 0 Å². The number of rotatable bonds is 8. The van der Waals surface area contributed by atoms with Crippen LogP contribution in [0, 0.1) is 0 Å². The van der Waals surface area contributed by atoms with Gasteiger partial charge in [0.05, 0.1) is 0 Å². The number of carbonyl (C=O) groups excluding carboxylic acids is 2. The zero-order valence-corrected chi connectivity index (χ0v) is 11.7. The lowest BCUT2D eigenvalue weighted by atomic mass is 10.2. The summed E-state index contributed by atoms with van der Waals surface area (Å²) in [6.45, 7) is 4.23. The second-order valence-corrected chi connectivity index (χ2v) is 4.34. The maximum atomic E-state index is 11.7. The molecule has 0 saturated heterocycles. The average Bonchev–Trinajstić information content (AvgIpc) is 2.35. The molecule has 0 rings (SSSR count). The summed E-state index contributed by atoms with van der Waals surface area (Å²) in [5.74, 6) is -1.33. The van der Waals surface area contributed by atoms with Gasteiger partial charge in [-0.15, -0.1) is 0 Å². The minimum Gasteiger partial charge on any atom is -0.480 e. The summed E-state index contributed by atoms with van der Waals surface area (Å²) in [6, 6.07) is -1.48. The molecule has 1 unspecified atom stereocenters. The Morgan fingerprint density at radius 1 is 1.21 bits per heavy atom. The van der Waals surface area contributed by atoms with Gasteiger partial charge in [-0.2, -0.15) is 0 Å². The first-order chi connectivity index (χ1) is 8.92. The van der Waals surface area contributed by atoms with E-state index in [1.165, 1.54) is 7.05 Å². The van der Waals surface area contributed by atoms with E-state index < -0.39 is 18.0 Å². The predicted octanol–water partition coefficient (Wildman–Crippen LogP) is 0.407. The van der Waals surface area contributed by atoms with Gasteiger partial charge in [0, 0.05) is 13.6 Å². The van der Waals surface area contributed by atoms with E-state index in [2.05, 4.69) is 10.6 Å². The van der Waals surface area contributed by atoms with Gasteiger partial charge in [-0.1, -0.05) is 20.3 Å². The molecule has 0 bridgehead atoms. The van der Waals surface area contributed by atoms with Crippen molar-refractivity contribution < 1.29 is 19.5 Å². The van der Waals surface area contributed by atoms with Crippen molar-refractivity contribution in [3.8, 4) is 0 Å². The molecule has 0 fully saturated rings. The van der Waals surface area contributed by atoms with E-state index in [1.807, 2.05) is 13.8 Å². The minimum absolute atomic E-state index is 0.0930. The number of urea groups is 1. The van der Waals surface area contributed by atoms with Crippen LogP contribution < -0.4 is 10.6 Å². The highest BCUT2D eigenvalue weighted by atomic mass is 16.4. The van der Waals surface area contributed by atoms with Gasteiger partial charge in [-0.05, 0) is 12.8 Å². The molecule has 110 valence electrons. The molecule has 7 heteroatoms. The van der Waals surface area contributed by atoms with Crippen LogP contribution in [0.1, 0.15) is 33.1 Å². The smallest absolute Gasteiger partial charge is 0.326 e. The average molecular weight is 273 g/mol. The summed E-state index contributed by atoms with van der Waals surface area (Å²) in [7, 11) is 1.45. The number of nitrogens with one attached hydrogen (secondary N) is 2. The molecule has 0 radical (unpaired) electrons. The number of nitrogens with zero attached hydrogens (tertiary/aromatic N) is 1. The van der Waals surface area contributed by atoms with Crippen molar-refractivity contribution in [2.75, 3.05) is 20.1 Å². The maximum Gasteiger partial charge on any atom is 0.326 e. The number of hydrogen-bond acceptors (Lipinski definition) is 3. The molecule has 0 saturated carbocycles. The molecule has 7 nitrogen and oxygen atoms in total. The topological polar surface area (TPSA) is 98.7 Å². The largest absolute Gasteiger partial charge is 0.480 e. The van der Waals surface area contributed by atoms with E-state index in [1.54, 1.807) is 0 Å². The zero-order valence-electron chi connectivity index (χ0n) is 11.7. The first-order valence-electron chi connectivity index (χ1n) is 6.43. The van der Waals surface area contributed by atoms with Crippen LogP contribution in [-0.2, 0) is 9.59 Å². The fourth-order valence-corrected chi connectivity index (χ4v) is 1.41. The second-order valence-electron chi connectivity index (χ2n) is 4.34. The molecule has 1 atom stereocenters. The third kappa shape index (κ3) is 7.28. The normalized spacial score (nSPS) is 11.5. The van der Waals surface area contributed by atoms with E-state index in [4.69, 9.17) is 5.11 Å². The van der Waals surface area contributed by atoms with E-state index in [9.17, 15) is 14.4 Å². The Bertz CT molecular complexity index is 320. The lowest BCUT2D eigenvalue weighted by Crippen LogP contribution is -2.49. The van der Waals surface area contributed by atoms with Gasteiger partial charge in [0.15, 0.2) is 0 Å². The van der Waals surface area contributed by atoms with Gasteiger partial charge in [0.25, 0.3) is 0 Å². The van der Waals surface area contributed by atoms with Crippen LogP contribution in [0.4, 0.5) is 4.79 Å². The minimum atomic E-state index is -1.07. The van der Waals surface area contributed by atoms with Gasteiger partial charge in [0.2, 0.25) is 5.91 Å². The highest BCUT2D eigenvalue weighted by Gasteiger charge is 2.21. The summed E-state index contributed by atoms with van der Waals surface area (Å²) in [6.07, 6.45) is 1.83. The number of aliphatic carboxylic acids is 1. The van der Waals surface area contributed by atoms with Gasteiger partial charge < -0.3 is 20.6 Å². The van der Waals surface area contributed by atoms with E-state index in [0.29, 0.717) is 19.4 Å². The fraction of sp³-hybridized carbons (Fsp3) is 0.750. The van der Waals surface area contributed by atoms with E-state index in [-0.39, 0.29) is 12.5 Å². The summed E-state index contributed by atoms with van der Waals surface area (Å²) in [5.41, 5.74) is 0. The van der Waals surface area contributed by atoms with Crippen molar-refractivity contribution in [3.05, 3.63) is 0 Å². The Balaban J connectivity index is 4.24. The highest BCUT2D eigenvalue weighted by molar-refractivity contribution is 5.86. The summed E-state index contributed by atoms with van der Waals surface area (Å²) in [4.78, 5) is 35.2. The maximum absolute atomic E-state index is 11.7. The molecule has 3 amide bonds. The molecule has 0 heterocycles. The first-order valence-corrected chi connectivity index (χ1v) is 6.43. The first kappa shape index (κ1) is 17.2. The summed E-state index contributed by atoms with van der Waals surface area (Å²) in [5, 5.41) is 13.9. The quantitative estimate of drug-likeness (QED) is 0.596. The molecule has 0 aliphatic carbocycles. The van der Waals surface area contributed by atoms with Crippen LogP contribution in [0.15, 0.2) is 0 Å². The van der Waals surface area contributed by atoms with Crippen molar-refractivity contribution in [2.24, 2.45) is 0 Å². The van der Waals surface area contributed by atoms with Crippen molar-refractivity contribution in [2.45, 2.75) is 39.2 Å². The van der Waals surface area contributed by atoms with Crippen molar-refractivity contribution in [3.63, 3.8) is 0 Å². The molecule has 0 aliphatic rings. The third-order valence-corrected chi connectivity index (χ3v) is 2.47. The van der Waals surface area contributed by atoms with E-state index in [0.717, 1.165) is 11.3 Å². The monoisotopic (exact) mass is 273 g/mol. The van der Waals surface area contributed by atoms with Crippen LogP contribution in [-0.4, -0.2) is 54.1 Å². The van der Waals surface area contributed by atoms with Crippen molar-refractivity contribution in [1.82, 2.24) is 15.5 Å². The lowest BCUT2D eigenvalue weighted by molar-refractivity contribution is -0.139. The van der Waals surface area contributed by atoms with Crippen LogP contribution in [0.25, 0.3) is 0 Å². The number of hydrogen-bond donors (Lipinski definition) is 3. The summed E-state index contributed by atoms with van der Waals surface area (Å²) < 4.78 is 0. The number of amides is 3. The Kier molecular flexibility index (Phi) is 8.32. The van der Waals surface area contributed by atoms with Crippen LogP contribution in [0.5, 0.6) is 0 Å². The molecule has 3 N–H and O–H groups in total. The molecule has 0 spiro atoms. The van der Waals surface area contributed by atoms with Crippen LogP contribution in [0.3, 0.4) is 0 Å². The fourth-order valence-electron chi connectivity index (χ4n) is 1.41. The van der Waals surface area contributed by atoms with Crippen LogP contribution >= 0.6 is 0 Å². The predicted molar refractivity (Wildman–Crippen MR) is 70.8 cm³/mol. The third-order valence-electron chi connectivity index (χ3n) is 2.47.